The molecular weight excluding hydrogens is 478 g/mol. The van der Waals surface area contributed by atoms with Crippen LogP contribution in [0.5, 0.6) is 0 Å². The van der Waals surface area contributed by atoms with Crippen LogP contribution in [0.1, 0.15) is 19.3 Å². The first-order valence-electron chi connectivity index (χ1n) is 9.47. The van der Waals surface area contributed by atoms with E-state index in [4.69, 9.17) is 0 Å². The smallest absolute Gasteiger partial charge is 0.269 e. The van der Waals surface area contributed by atoms with Gasteiger partial charge in [-0.3, -0.25) is 19.6 Å². The van der Waals surface area contributed by atoms with Crippen molar-refractivity contribution in [3.8, 4) is 0 Å². The molecule has 0 atom stereocenters. The van der Waals surface area contributed by atoms with E-state index in [1.807, 2.05) is 6.20 Å². The number of nitrogens with zero attached hydrogens (tertiary/aromatic N) is 4. The van der Waals surface area contributed by atoms with E-state index in [0.29, 0.717) is 25.9 Å². The van der Waals surface area contributed by atoms with E-state index in [1.54, 1.807) is 10.9 Å². The molecule has 12 heteroatoms. The first kappa shape index (κ1) is 22.4. The number of rotatable bonds is 8. The number of hydrogen-bond acceptors (Lipinski definition) is 6. The molecule has 1 aromatic carbocycles. The summed E-state index contributed by atoms with van der Waals surface area (Å²) in [5.41, 5.74) is -0.162. The van der Waals surface area contributed by atoms with Crippen molar-refractivity contribution in [3.05, 3.63) is 51.2 Å². The SMILES string of the molecule is O=C(NCCCn1cc(Br)cn1)C1CCN(S(=O)(=O)c2ccc([N+](=O)[O-])cc2)CC1. The van der Waals surface area contributed by atoms with Gasteiger partial charge in [-0.15, -0.1) is 0 Å². The number of benzene rings is 1. The van der Waals surface area contributed by atoms with Crippen molar-refractivity contribution in [2.45, 2.75) is 30.7 Å². The lowest BCUT2D eigenvalue weighted by Gasteiger charge is -2.30. The second-order valence-corrected chi connectivity index (χ2v) is 9.85. The number of amides is 1. The molecule has 0 spiro atoms. The Balaban J connectivity index is 1.46. The van der Waals surface area contributed by atoms with Gasteiger partial charge in [0, 0.05) is 50.4 Å². The van der Waals surface area contributed by atoms with Gasteiger partial charge in [-0.1, -0.05) is 0 Å². The zero-order valence-electron chi connectivity index (χ0n) is 16.1. The maximum Gasteiger partial charge on any atom is 0.269 e. The van der Waals surface area contributed by atoms with Gasteiger partial charge in [-0.25, -0.2) is 8.42 Å². The van der Waals surface area contributed by atoms with Gasteiger partial charge >= 0.3 is 0 Å². The minimum absolute atomic E-state index is 0.0151. The summed E-state index contributed by atoms with van der Waals surface area (Å²) in [6.45, 7) is 1.69. The first-order valence-corrected chi connectivity index (χ1v) is 11.7. The van der Waals surface area contributed by atoms with Crippen molar-refractivity contribution < 1.29 is 18.1 Å². The topological polar surface area (TPSA) is 127 Å². The fourth-order valence-corrected chi connectivity index (χ4v) is 5.10. The summed E-state index contributed by atoms with van der Waals surface area (Å²) in [4.78, 5) is 22.5. The van der Waals surface area contributed by atoms with Gasteiger partial charge in [0.05, 0.1) is 20.5 Å². The Morgan fingerprint density at radius 2 is 1.93 bits per heavy atom. The Labute approximate surface area is 182 Å². The van der Waals surface area contributed by atoms with Crippen LogP contribution in [-0.4, -0.2) is 53.0 Å². The second-order valence-electron chi connectivity index (χ2n) is 7.00. The predicted molar refractivity (Wildman–Crippen MR) is 112 cm³/mol. The fourth-order valence-electron chi connectivity index (χ4n) is 3.30. The third-order valence-corrected chi connectivity index (χ3v) is 7.30. The molecule has 3 rings (SSSR count). The zero-order valence-corrected chi connectivity index (χ0v) is 18.5. The summed E-state index contributed by atoms with van der Waals surface area (Å²) >= 11 is 3.33. The normalized spacial score (nSPS) is 15.8. The number of non-ortho nitro benzene ring substituents is 1. The average molecular weight is 500 g/mol. The molecule has 0 aliphatic carbocycles. The predicted octanol–water partition coefficient (Wildman–Crippen LogP) is 2.16. The van der Waals surface area contributed by atoms with Crippen LogP contribution in [0.25, 0.3) is 0 Å². The number of nitro benzene ring substituents is 1. The van der Waals surface area contributed by atoms with Crippen LogP contribution < -0.4 is 5.32 Å². The molecule has 1 saturated heterocycles. The molecule has 0 bridgehead atoms. The van der Waals surface area contributed by atoms with Crippen molar-refractivity contribution in [3.63, 3.8) is 0 Å². The second kappa shape index (κ2) is 9.67. The van der Waals surface area contributed by atoms with Gasteiger partial charge in [-0.2, -0.15) is 9.40 Å². The van der Waals surface area contributed by atoms with Crippen molar-refractivity contribution in [2.75, 3.05) is 19.6 Å². The summed E-state index contributed by atoms with van der Waals surface area (Å²) in [6.07, 6.45) is 5.18. The average Bonchev–Trinajstić information content (AvgIpc) is 3.16. The number of nitro groups is 1. The lowest BCUT2D eigenvalue weighted by Crippen LogP contribution is -2.43. The Morgan fingerprint density at radius 3 is 2.50 bits per heavy atom. The number of halogens is 1. The van der Waals surface area contributed by atoms with Crippen molar-refractivity contribution >= 4 is 37.5 Å². The quantitative estimate of drug-likeness (QED) is 0.336. The van der Waals surface area contributed by atoms with E-state index in [9.17, 15) is 23.3 Å². The van der Waals surface area contributed by atoms with Gasteiger partial charge in [0.15, 0.2) is 0 Å². The molecule has 2 heterocycles. The monoisotopic (exact) mass is 499 g/mol. The molecule has 30 heavy (non-hydrogen) atoms. The standard InChI is InChI=1S/C18H22BrN5O5S/c19-15-12-21-22(13-15)9-1-8-20-18(25)14-6-10-23(11-7-14)30(28,29)17-4-2-16(3-5-17)24(26)27/h2-5,12-14H,1,6-11H2,(H,20,25). The van der Waals surface area contributed by atoms with Crippen molar-refractivity contribution in [1.29, 1.82) is 0 Å². The summed E-state index contributed by atoms with van der Waals surface area (Å²) < 4.78 is 29.5. The van der Waals surface area contributed by atoms with Crippen molar-refractivity contribution in [1.82, 2.24) is 19.4 Å². The third kappa shape index (κ3) is 5.43. The van der Waals surface area contributed by atoms with E-state index in [0.717, 1.165) is 10.9 Å². The molecule has 1 N–H and O–H groups in total. The Morgan fingerprint density at radius 1 is 1.27 bits per heavy atom. The van der Waals surface area contributed by atoms with Gasteiger partial charge in [0.1, 0.15) is 0 Å². The molecule has 10 nitrogen and oxygen atoms in total. The maximum absolute atomic E-state index is 12.7. The molecule has 1 aliphatic rings. The first-order chi connectivity index (χ1) is 14.3. The molecule has 1 amide bonds. The van der Waals surface area contributed by atoms with Crippen LogP contribution in [-0.2, 0) is 21.4 Å². The van der Waals surface area contributed by atoms with Crippen LogP contribution >= 0.6 is 15.9 Å². The molecule has 0 unspecified atom stereocenters. The number of aromatic nitrogens is 2. The number of sulfonamides is 1. The Kier molecular flexibility index (Phi) is 7.21. The number of hydrogen-bond donors (Lipinski definition) is 1. The lowest BCUT2D eigenvalue weighted by molar-refractivity contribution is -0.384. The highest BCUT2D eigenvalue weighted by molar-refractivity contribution is 9.10. The largest absolute Gasteiger partial charge is 0.356 e. The number of carbonyl (C=O) groups is 1. The zero-order chi connectivity index (χ0) is 21.7. The molecule has 1 aromatic heterocycles. The van der Waals surface area contributed by atoms with E-state index in [1.165, 1.54) is 28.6 Å². The minimum Gasteiger partial charge on any atom is -0.356 e. The number of carbonyl (C=O) groups excluding carboxylic acids is 1. The summed E-state index contributed by atoms with van der Waals surface area (Å²) in [6, 6.07) is 4.83. The van der Waals surface area contributed by atoms with Gasteiger partial charge < -0.3 is 5.32 Å². The van der Waals surface area contributed by atoms with Crippen LogP contribution in [0, 0.1) is 16.0 Å². The highest BCUT2D eigenvalue weighted by Crippen LogP contribution is 2.25. The fraction of sp³-hybridized carbons (Fsp3) is 0.444. The summed E-state index contributed by atoms with van der Waals surface area (Å²) in [5.74, 6) is -0.295. The molecule has 1 fully saturated rings. The van der Waals surface area contributed by atoms with E-state index >= 15 is 0 Å². The Bertz CT molecular complexity index is 1000. The molecule has 2 aromatic rings. The van der Waals surface area contributed by atoms with Gasteiger partial charge in [0.2, 0.25) is 15.9 Å². The third-order valence-electron chi connectivity index (χ3n) is 4.97. The van der Waals surface area contributed by atoms with E-state index in [-0.39, 0.29) is 35.5 Å². The molecule has 0 saturated carbocycles. The highest BCUT2D eigenvalue weighted by atomic mass is 79.9. The summed E-state index contributed by atoms with van der Waals surface area (Å²) in [5, 5.41) is 17.8. The van der Waals surface area contributed by atoms with Gasteiger partial charge in [0.25, 0.3) is 5.69 Å². The van der Waals surface area contributed by atoms with Crippen LogP contribution in [0.15, 0.2) is 46.0 Å². The number of aryl methyl sites for hydroxylation is 1. The highest BCUT2D eigenvalue weighted by Gasteiger charge is 2.32. The minimum atomic E-state index is -3.74. The molecule has 0 radical (unpaired) electrons. The number of nitrogens with one attached hydrogen (secondary N) is 1. The lowest BCUT2D eigenvalue weighted by atomic mass is 9.97. The van der Waals surface area contributed by atoms with Crippen LogP contribution in [0.3, 0.4) is 0 Å². The molecule has 1 aliphatic heterocycles. The summed E-state index contributed by atoms with van der Waals surface area (Å²) in [7, 11) is -3.74. The van der Waals surface area contributed by atoms with Crippen molar-refractivity contribution in [2.24, 2.45) is 5.92 Å². The molecule has 162 valence electrons. The maximum atomic E-state index is 12.7. The van der Waals surface area contributed by atoms with Crippen LogP contribution in [0.2, 0.25) is 0 Å². The van der Waals surface area contributed by atoms with Gasteiger partial charge in [-0.05, 0) is 47.3 Å². The molecular formula is C18H22BrN5O5S. The van der Waals surface area contributed by atoms with E-state index < -0.39 is 14.9 Å². The Hall–Kier alpha value is -2.31. The number of piperidine rings is 1. The van der Waals surface area contributed by atoms with Crippen LogP contribution in [0.4, 0.5) is 5.69 Å². The van der Waals surface area contributed by atoms with E-state index in [2.05, 4.69) is 26.3 Å².